The van der Waals surface area contributed by atoms with Crippen LogP contribution in [-0.4, -0.2) is 8.42 Å². The Morgan fingerprint density at radius 1 is 1.05 bits per heavy atom. The van der Waals surface area contributed by atoms with Gasteiger partial charge in [0.05, 0.1) is 23.9 Å². The molecule has 0 fully saturated rings. The van der Waals surface area contributed by atoms with Crippen LogP contribution in [0.3, 0.4) is 0 Å². The fraction of sp³-hybridized carbons (Fsp3) is 0.0714. The van der Waals surface area contributed by atoms with Crippen molar-refractivity contribution in [2.45, 2.75) is 6.54 Å². The maximum atomic E-state index is 11.8. The quantitative estimate of drug-likeness (QED) is 0.830. The predicted octanol–water partition coefficient (Wildman–Crippen LogP) is 1.35. The fourth-order valence-corrected chi connectivity index (χ4v) is 2.56. The summed E-state index contributed by atoms with van der Waals surface area (Å²) in [6.07, 6.45) is 0. The van der Waals surface area contributed by atoms with E-state index in [-0.39, 0.29) is 6.54 Å². The van der Waals surface area contributed by atoms with Crippen molar-refractivity contribution in [1.82, 2.24) is 0 Å². The van der Waals surface area contributed by atoms with E-state index < -0.39 is 10.2 Å². The van der Waals surface area contributed by atoms with Crippen LogP contribution >= 0.6 is 0 Å². The van der Waals surface area contributed by atoms with Crippen LogP contribution < -0.4 is 15.2 Å². The summed E-state index contributed by atoms with van der Waals surface area (Å²) in [6, 6.07) is 15.0. The predicted molar refractivity (Wildman–Crippen MR) is 81.3 cm³/mol. The van der Waals surface area contributed by atoms with E-state index in [0.717, 1.165) is 9.87 Å². The van der Waals surface area contributed by atoms with Crippen molar-refractivity contribution in [1.29, 1.82) is 5.26 Å². The highest BCUT2D eigenvalue weighted by Gasteiger charge is 2.18. The van der Waals surface area contributed by atoms with Gasteiger partial charge in [-0.15, -0.1) is 0 Å². The first kappa shape index (κ1) is 14.8. The lowest BCUT2D eigenvalue weighted by molar-refractivity contribution is 0.592. The van der Waals surface area contributed by atoms with Gasteiger partial charge < -0.3 is 5.73 Å². The van der Waals surface area contributed by atoms with Gasteiger partial charge in [0.1, 0.15) is 0 Å². The highest BCUT2D eigenvalue weighted by molar-refractivity contribution is 7.90. The first-order chi connectivity index (χ1) is 9.90. The van der Waals surface area contributed by atoms with Crippen molar-refractivity contribution >= 4 is 21.6 Å². The SMILES string of the molecule is N#Cc1ccc(N(Cc2ccc(N)cc2)S(N)(=O)=O)cc1. The average Bonchev–Trinajstić information content (AvgIpc) is 2.45. The van der Waals surface area contributed by atoms with E-state index in [9.17, 15) is 8.42 Å². The first-order valence-electron chi connectivity index (χ1n) is 6.05. The number of benzene rings is 2. The van der Waals surface area contributed by atoms with E-state index >= 15 is 0 Å². The highest BCUT2D eigenvalue weighted by atomic mass is 32.2. The summed E-state index contributed by atoms with van der Waals surface area (Å²) < 4.78 is 24.6. The molecule has 4 N–H and O–H groups in total. The minimum Gasteiger partial charge on any atom is -0.399 e. The van der Waals surface area contributed by atoms with Gasteiger partial charge >= 0.3 is 0 Å². The summed E-state index contributed by atoms with van der Waals surface area (Å²) in [5, 5.41) is 14.0. The molecule has 0 unspecified atom stereocenters. The smallest absolute Gasteiger partial charge is 0.299 e. The monoisotopic (exact) mass is 302 g/mol. The molecule has 0 radical (unpaired) electrons. The van der Waals surface area contributed by atoms with Crippen LogP contribution in [0.4, 0.5) is 11.4 Å². The van der Waals surface area contributed by atoms with Gasteiger partial charge in [-0.2, -0.15) is 13.7 Å². The number of nitriles is 1. The number of rotatable bonds is 4. The lowest BCUT2D eigenvalue weighted by Crippen LogP contribution is -2.36. The van der Waals surface area contributed by atoms with E-state index in [0.29, 0.717) is 16.9 Å². The summed E-state index contributed by atoms with van der Waals surface area (Å²) in [5.41, 5.74) is 7.79. The zero-order chi connectivity index (χ0) is 15.5. The third-order valence-corrected chi connectivity index (χ3v) is 3.85. The second-order valence-electron chi connectivity index (χ2n) is 4.45. The van der Waals surface area contributed by atoms with Gasteiger partial charge in [0.2, 0.25) is 0 Å². The Morgan fingerprint density at radius 2 is 1.62 bits per heavy atom. The van der Waals surface area contributed by atoms with Gasteiger partial charge in [-0.3, -0.25) is 4.31 Å². The molecule has 21 heavy (non-hydrogen) atoms. The minimum atomic E-state index is -3.93. The van der Waals surface area contributed by atoms with Crippen LogP contribution in [0.1, 0.15) is 11.1 Å². The number of hydrogen-bond acceptors (Lipinski definition) is 4. The number of nitrogens with two attached hydrogens (primary N) is 2. The molecule has 7 heteroatoms. The molecule has 0 saturated carbocycles. The third-order valence-electron chi connectivity index (χ3n) is 2.90. The number of hydrogen-bond donors (Lipinski definition) is 2. The molecule has 0 aliphatic rings. The molecule has 0 aliphatic carbocycles. The molecule has 0 saturated heterocycles. The molecule has 0 bridgehead atoms. The van der Waals surface area contributed by atoms with E-state index in [1.165, 1.54) is 12.1 Å². The van der Waals surface area contributed by atoms with Crippen LogP contribution in [0.2, 0.25) is 0 Å². The first-order valence-corrected chi connectivity index (χ1v) is 7.55. The van der Waals surface area contributed by atoms with E-state index in [1.54, 1.807) is 36.4 Å². The lowest BCUT2D eigenvalue weighted by atomic mass is 10.2. The summed E-state index contributed by atoms with van der Waals surface area (Å²) in [5.74, 6) is 0. The third kappa shape index (κ3) is 3.72. The van der Waals surface area contributed by atoms with Gasteiger partial charge in [0.15, 0.2) is 0 Å². The Hall–Kier alpha value is -2.56. The summed E-state index contributed by atoms with van der Waals surface area (Å²) in [4.78, 5) is 0. The van der Waals surface area contributed by atoms with E-state index in [2.05, 4.69) is 0 Å². The normalized spacial score (nSPS) is 10.9. The average molecular weight is 302 g/mol. The Bertz CT molecular complexity index is 762. The van der Waals surface area contributed by atoms with E-state index in [1.807, 2.05) is 6.07 Å². The molecule has 108 valence electrons. The maximum absolute atomic E-state index is 11.8. The zero-order valence-electron chi connectivity index (χ0n) is 11.1. The van der Waals surface area contributed by atoms with Crippen LogP contribution in [0.5, 0.6) is 0 Å². The van der Waals surface area contributed by atoms with Crippen molar-refractivity contribution in [3.63, 3.8) is 0 Å². The van der Waals surface area contributed by atoms with Crippen molar-refractivity contribution in [2.75, 3.05) is 10.0 Å². The molecule has 0 heterocycles. The Kier molecular flexibility index (Phi) is 4.12. The van der Waals surface area contributed by atoms with Crippen molar-refractivity contribution in [2.24, 2.45) is 5.14 Å². The van der Waals surface area contributed by atoms with Crippen molar-refractivity contribution in [3.05, 3.63) is 59.7 Å². The number of anilines is 2. The molecule has 0 spiro atoms. The topological polar surface area (TPSA) is 113 Å². The molecule has 0 aromatic heterocycles. The standard InChI is InChI=1S/C14H14N4O2S/c15-9-11-3-7-14(8-4-11)18(21(17,19)20)10-12-1-5-13(16)6-2-12/h1-8H,10,16H2,(H2,17,19,20). The Balaban J connectivity index is 2.35. The van der Waals surface area contributed by atoms with Crippen LogP contribution in [0.25, 0.3) is 0 Å². The number of nitrogens with zero attached hydrogens (tertiary/aromatic N) is 2. The molecule has 2 rings (SSSR count). The van der Waals surface area contributed by atoms with Crippen LogP contribution in [0.15, 0.2) is 48.5 Å². The maximum Gasteiger partial charge on any atom is 0.299 e. The van der Waals surface area contributed by atoms with Crippen molar-refractivity contribution in [3.8, 4) is 6.07 Å². The number of nitrogen functional groups attached to an aromatic ring is 1. The molecule has 2 aromatic carbocycles. The highest BCUT2D eigenvalue weighted by Crippen LogP contribution is 2.20. The molecular formula is C14H14N4O2S. The summed E-state index contributed by atoms with van der Waals surface area (Å²) in [7, 11) is -3.93. The van der Waals surface area contributed by atoms with Gasteiger partial charge in [0, 0.05) is 5.69 Å². The van der Waals surface area contributed by atoms with Crippen molar-refractivity contribution < 1.29 is 8.42 Å². The minimum absolute atomic E-state index is 0.0883. The van der Waals surface area contributed by atoms with Gasteiger partial charge in [0.25, 0.3) is 10.2 Å². The molecule has 2 aromatic rings. The fourth-order valence-electron chi connectivity index (χ4n) is 1.82. The molecular weight excluding hydrogens is 288 g/mol. The Labute approximate surface area is 123 Å². The van der Waals surface area contributed by atoms with Crippen LogP contribution in [-0.2, 0) is 16.8 Å². The summed E-state index contributed by atoms with van der Waals surface area (Å²) in [6.45, 7) is 0.0883. The zero-order valence-corrected chi connectivity index (χ0v) is 11.9. The molecule has 0 amide bonds. The molecule has 0 atom stereocenters. The van der Waals surface area contributed by atoms with Gasteiger partial charge in [-0.1, -0.05) is 12.1 Å². The van der Waals surface area contributed by atoms with Gasteiger partial charge in [-0.05, 0) is 42.0 Å². The summed E-state index contributed by atoms with van der Waals surface area (Å²) >= 11 is 0. The molecule has 6 nitrogen and oxygen atoms in total. The second-order valence-corrected chi connectivity index (χ2v) is 5.92. The molecule has 0 aliphatic heterocycles. The van der Waals surface area contributed by atoms with Crippen LogP contribution in [0, 0.1) is 11.3 Å². The van der Waals surface area contributed by atoms with E-state index in [4.69, 9.17) is 16.1 Å². The largest absolute Gasteiger partial charge is 0.399 e. The second kappa shape index (κ2) is 5.83. The van der Waals surface area contributed by atoms with Gasteiger partial charge in [-0.25, -0.2) is 5.14 Å². The lowest BCUT2D eigenvalue weighted by Gasteiger charge is -2.22. The Morgan fingerprint density at radius 3 is 2.10 bits per heavy atom.